The van der Waals surface area contributed by atoms with Crippen molar-refractivity contribution in [3.63, 3.8) is 0 Å². The maximum atomic E-state index is 12.7. The van der Waals surface area contributed by atoms with Gasteiger partial charge in [0, 0.05) is 24.6 Å². The number of carbonyl (C=O) groups is 2. The van der Waals surface area contributed by atoms with E-state index in [-0.39, 0.29) is 35.4 Å². The standard InChI is InChI=1S/C21H23N3O5S/c1-15-6-8-18(9-7-15)30(28,29)24-12-10-16(11-13-24)20(25)23-22-14-17-4-2-3-5-19(17)21(26)27/h2-9,14,16H,10-13H2,1H3,(H,23,25)(H,26,27)/b22-14-. The van der Waals surface area contributed by atoms with Gasteiger partial charge in [0.2, 0.25) is 15.9 Å². The van der Waals surface area contributed by atoms with Gasteiger partial charge < -0.3 is 5.11 Å². The number of sulfonamides is 1. The van der Waals surface area contributed by atoms with Crippen LogP contribution in [0, 0.1) is 12.8 Å². The predicted molar refractivity (Wildman–Crippen MR) is 112 cm³/mol. The van der Waals surface area contributed by atoms with Crippen molar-refractivity contribution in [2.45, 2.75) is 24.7 Å². The zero-order valence-electron chi connectivity index (χ0n) is 16.5. The van der Waals surface area contributed by atoms with Crippen LogP contribution in [0.2, 0.25) is 0 Å². The molecule has 2 aromatic rings. The Bertz CT molecular complexity index is 1060. The van der Waals surface area contributed by atoms with E-state index in [4.69, 9.17) is 5.11 Å². The van der Waals surface area contributed by atoms with Crippen molar-refractivity contribution in [2.75, 3.05) is 13.1 Å². The molecule has 0 unspecified atom stereocenters. The Morgan fingerprint density at radius 2 is 1.73 bits per heavy atom. The summed E-state index contributed by atoms with van der Waals surface area (Å²) < 4.78 is 26.9. The average Bonchev–Trinajstić information content (AvgIpc) is 2.74. The minimum Gasteiger partial charge on any atom is -0.478 e. The third-order valence-electron chi connectivity index (χ3n) is 5.05. The Morgan fingerprint density at radius 1 is 1.10 bits per heavy atom. The molecule has 8 nitrogen and oxygen atoms in total. The molecule has 1 fully saturated rings. The van der Waals surface area contributed by atoms with Crippen molar-refractivity contribution in [3.8, 4) is 0 Å². The quantitative estimate of drug-likeness (QED) is 0.540. The lowest BCUT2D eigenvalue weighted by molar-refractivity contribution is -0.126. The number of carboxylic acid groups (broad SMARTS) is 1. The summed E-state index contributed by atoms with van der Waals surface area (Å²) in [7, 11) is -3.58. The van der Waals surface area contributed by atoms with Gasteiger partial charge in [-0.2, -0.15) is 9.41 Å². The number of nitrogens with zero attached hydrogens (tertiary/aromatic N) is 2. The van der Waals surface area contributed by atoms with Gasteiger partial charge in [-0.25, -0.2) is 18.6 Å². The highest BCUT2D eigenvalue weighted by molar-refractivity contribution is 7.89. The van der Waals surface area contributed by atoms with Gasteiger partial charge in [-0.15, -0.1) is 0 Å². The van der Waals surface area contributed by atoms with Crippen LogP contribution in [0.5, 0.6) is 0 Å². The van der Waals surface area contributed by atoms with E-state index in [0.29, 0.717) is 18.4 Å². The van der Waals surface area contributed by atoms with Gasteiger partial charge >= 0.3 is 5.97 Å². The highest BCUT2D eigenvalue weighted by Crippen LogP contribution is 2.24. The third kappa shape index (κ3) is 4.92. The minimum atomic E-state index is -3.58. The number of hydrogen-bond donors (Lipinski definition) is 2. The third-order valence-corrected chi connectivity index (χ3v) is 6.97. The van der Waals surface area contributed by atoms with E-state index in [2.05, 4.69) is 10.5 Å². The van der Waals surface area contributed by atoms with Gasteiger partial charge in [0.15, 0.2) is 0 Å². The SMILES string of the molecule is Cc1ccc(S(=O)(=O)N2CCC(C(=O)N/N=C\c3ccccc3C(=O)O)CC2)cc1. The number of rotatable bonds is 6. The fourth-order valence-corrected chi connectivity index (χ4v) is 4.75. The van der Waals surface area contributed by atoms with Crippen molar-refractivity contribution in [2.24, 2.45) is 11.0 Å². The highest BCUT2D eigenvalue weighted by Gasteiger charge is 2.32. The van der Waals surface area contributed by atoms with Crippen LogP contribution in [0.25, 0.3) is 0 Å². The number of aryl methyl sites for hydroxylation is 1. The molecule has 0 spiro atoms. The van der Waals surface area contributed by atoms with E-state index in [1.54, 1.807) is 42.5 Å². The lowest BCUT2D eigenvalue weighted by Gasteiger charge is -2.30. The minimum absolute atomic E-state index is 0.0881. The number of piperidine rings is 1. The molecule has 0 saturated carbocycles. The van der Waals surface area contributed by atoms with Crippen LogP contribution in [-0.2, 0) is 14.8 Å². The molecule has 1 saturated heterocycles. The Balaban J connectivity index is 1.57. The molecule has 0 radical (unpaired) electrons. The number of hydrazone groups is 1. The van der Waals surface area contributed by atoms with Crippen LogP contribution < -0.4 is 5.43 Å². The van der Waals surface area contributed by atoms with Gasteiger partial charge in [0.1, 0.15) is 0 Å². The molecular formula is C21H23N3O5S. The monoisotopic (exact) mass is 429 g/mol. The molecule has 158 valence electrons. The van der Waals surface area contributed by atoms with Gasteiger partial charge in [-0.05, 0) is 38.0 Å². The first-order chi connectivity index (χ1) is 14.3. The number of nitrogens with one attached hydrogen (secondary N) is 1. The van der Waals surface area contributed by atoms with E-state index in [1.165, 1.54) is 16.6 Å². The van der Waals surface area contributed by atoms with Gasteiger partial charge in [-0.3, -0.25) is 4.79 Å². The van der Waals surface area contributed by atoms with Crippen molar-refractivity contribution in [3.05, 3.63) is 65.2 Å². The van der Waals surface area contributed by atoms with Gasteiger partial charge in [0.25, 0.3) is 0 Å². The summed E-state index contributed by atoms with van der Waals surface area (Å²) in [5, 5.41) is 13.0. The molecule has 0 aliphatic carbocycles. The molecule has 0 aromatic heterocycles. The fraction of sp³-hybridized carbons (Fsp3) is 0.286. The number of carboxylic acids is 1. The summed E-state index contributed by atoms with van der Waals surface area (Å²) >= 11 is 0. The van der Waals surface area contributed by atoms with Crippen molar-refractivity contribution in [1.82, 2.24) is 9.73 Å². The molecule has 1 aliphatic rings. The number of carbonyl (C=O) groups excluding carboxylic acids is 1. The molecule has 1 amide bonds. The molecular weight excluding hydrogens is 406 g/mol. The van der Waals surface area contributed by atoms with Crippen molar-refractivity contribution in [1.29, 1.82) is 0 Å². The largest absolute Gasteiger partial charge is 0.478 e. The highest BCUT2D eigenvalue weighted by atomic mass is 32.2. The number of aromatic carboxylic acids is 1. The Labute approximate surface area is 175 Å². The second kappa shape index (κ2) is 9.19. The molecule has 2 N–H and O–H groups in total. The number of hydrogen-bond acceptors (Lipinski definition) is 5. The zero-order chi connectivity index (χ0) is 21.7. The molecule has 1 aliphatic heterocycles. The average molecular weight is 429 g/mol. The Kier molecular flexibility index (Phi) is 6.63. The fourth-order valence-electron chi connectivity index (χ4n) is 3.28. The summed E-state index contributed by atoms with van der Waals surface area (Å²) in [6, 6.07) is 13.0. The molecule has 0 atom stereocenters. The summed E-state index contributed by atoms with van der Waals surface area (Å²) in [6.07, 6.45) is 2.06. The summed E-state index contributed by atoms with van der Waals surface area (Å²) in [5.74, 6) is -1.75. The van der Waals surface area contributed by atoms with E-state index in [9.17, 15) is 18.0 Å². The first-order valence-electron chi connectivity index (χ1n) is 9.51. The van der Waals surface area contributed by atoms with Crippen LogP contribution >= 0.6 is 0 Å². The molecule has 3 rings (SSSR count). The van der Waals surface area contributed by atoms with Crippen LogP contribution in [0.15, 0.2) is 58.5 Å². The maximum Gasteiger partial charge on any atom is 0.336 e. The second-order valence-corrected chi connectivity index (χ2v) is 9.06. The van der Waals surface area contributed by atoms with Gasteiger partial charge in [0.05, 0.1) is 16.7 Å². The van der Waals surface area contributed by atoms with E-state index >= 15 is 0 Å². The molecule has 30 heavy (non-hydrogen) atoms. The zero-order valence-corrected chi connectivity index (χ0v) is 17.3. The van der Waals surface area contributed by atoms with Crippen LogP contribution in [0.4, 0.5) is 0 Å². The first kappa shape index (κ1) is 21.7. The molecule has 1 heterocycles. The normalized spacial score (nSPS) is 15.9. The Morgan fingerprint density at radius 3 is 2.37 bits per heavy atom. The molecule has 2 aromatic carbocycles. The summed E-state index contributed by atoms with van der Waals surface area (Å²) in [6.45, 7) is 2.39. The van der Waals surface area contributed by atoms with Crippen molar-refractivity contribution < 1.29 is 23.1 Å². The van der Waals surface area contributed by atoms with Crippen LogP contribution in [0.1, 0.15) is 34.3 Å². The van der Waals surface area contributed by atoms with Crippen LogP contribution in [0.3, 0.4) is 0 Å². The maximum absolute atomic E-state index is 12.7. The van der Waals surface area contributed by atoms with E-state index in [1.807, 2.05) is 6.92 Å². The number of benzene rings is 2. The molecule has 9 heteroatoms. The lowest BCUT2D eigenvalue weighted by atomic mass is 9.98. The number of amides is 1. The van der Waals surface area contributed by atoms with E-state index < -0.39 is 16.0 Å². The van der Waals surface area contributed by atoms with Crippen molar-refractivity contribution >= 4 is 28.1 Å². The summed E-state index contributed by atoms with van der Waals surface area (Å²) in [4.78, 5) is 23.8. The lowest BCUT2D eigenvalue weighted by Crippen LogP contribution is -2.42. The van der Waals surface area contributed by atoms with Crippen LogP contribution in [-0.4, -0.2) is 49.0 Å². The summed E-state index contributed by atoms with van der Waals surface area (Å²) in [5.41, 5.74) is 3.88. The van der Waals surface area contributed by atoms with E-state index in [0.717, 1.165) is 5.56 Å². The van der Waals surface area contributed by atoms with Gasteiger partial charge in [-0.1, -0.05) is 35.9 Å². The molecule has 0 bridgehead atoms. The predicted octanol–water partition coefficient (Wildman–Crippen LogP) is 2.24. The topological polar surface area (TPSA) is 116 Å². The smallest absolute Gasteiger partial charge is 0.336 e. The second-order valence-electron chi connectivity index (χ2n) is 7.12. The Hall–Kier alpha value is -3.04. The first-order valence-corrected chi connectivity index (χ1v) is 10.9.